The van der Waals surface area contributed by atoms with Gasteiger partial charge in [-0.3, -0.25) is 0 Å². The summed E-state index contributed by atoms with van der Waals surface area (Å²) in [5, 5.41) is 4.10. The number of hydrogen-bond acceptors (Lipinski definition) is 8. The molecule has 1 aliphatic heterocycles. The van der Waals surface area contributed by atoms with Crippen molar-refractivity contribution >= 4 is 39.1 Å². The Kier molecular flexibility index (Phi) is 7.81. The van der Waals surface area contributed by atoms with E-state index in [1.165, 1.54) is 6.08 Å². The zero-order valence-electron chi connectivity index (χ0n) is 21.8. The number of nitrogen functional groups attached to an aromatic ring is 1. The number of halogens is 2. The zero-order chi connectivity index (χ0) is 27.6. The minimum Gasteiger partial charge on any atom is -0.383 e. The van der Waals surface area contributed by atoms with Crippen LogP contribution in [0, 0.1) is 11.6 Å². The van der Waals surface area contributed by atoms with Gasteiger partial charge in [-0.25, -0.2) is 22.2 Å². The van der Waals surface area contributed by atoms with Crippen LogP contribution in [0.4, 0.5) is 31.9 Å². The summed E-state index contributed by atoms with van der Waals surface area (Å²) < 4.78 is 53.0. The second-order valence-electron chi connectivity index (χ2n) is 10.1. The van der Waals surface area contributed by atoms with Gasteiger partial charge in [-0.05, 0) is 62.4 Å². The van der Waals surface area contributed by atoms with Gasteiger partial charge in [0.1, 0.15) is 22.3 Å². The molecule has 1 saturated carbocycles. The number of benzene rings is 2. The minimum atomic E-state index is -4.19. The summed E-state index contributed by atoms with van der Waals surface area (Å²) in [5.41, 5.74) is 9.33. The van der Waals surface area contributed by atoms with E-state index in [1.807, 2.05) is 12.1 Å². The number of nitrogens with one attached hydrogen (secondary N) is 1. The first-order valence-electron chi connectivity index (χ1n) is 13.1. The highest BCUT2D eigenvalue weighted by Crippen LogP contribution is 2.37. The summed E-state index contributed by atoms with van der Waals surface area (Å²) in [6, 6.07) is 10.4. The first-order valence-corrected chi connectivity index (χ1v) is 14.6. The molecule has 0 spiro atoms. The van der Waals surface area contributed by atoms with Crippen LogP contribution in [-0.4, -0.2) is 56.5 Å². The summed E-state index contributed by atoms with van der Waals surface area (Å²) >= 11 is 0. The molecule has 8 nitrogen and oxygen atoms in total. The lowest BCUT2D eigenvalue weighted by atomic mass is 9.99. The molecule has 3 N–H and O–H groups in total. The molecule has 11 heteroatoms. The summed E-state index contributed by atoms with van der Waals surface area (Å²) in [7, 11) is -2.07. The number of nitrogens with two attached hydrogens (primary N) is 1. The monoisotopic (exact) mass is 554 g/mol. The first-order chi connectivity index (χ1) is 18.7. The largest absolute Gasteiger partial charge is 0.383 e. The Morgan fingerprint density at radius 1 is 1.00 bits per heavy atom. The van der Waals surface area contributed by atoms with Crippen LogP contribution in [0.2, 0.25) is 0 Å². The number of nitrogens with zero attached hydrogens (tertiary/aromatic N) is 4. The number of aromatic nitrogens is 2. The lowest BCUT2D eigenvalue weighted by molar-refractivity contribution is 0.313. The molecule has 206 valence electrons. The molecule has 2 fully saturated rings. The maximum atomic E-state index is 14.2. The zero-order valence-corrected chi connectivity index (χ0v) is 22.6. The van der Waals surface area contributed by atoms with Crippen LogP contribution in [-0.2, 0) is 9.84 Å². The van der Waals surface area contributed by atoms with Gasteiger partial charge in [0.05, 0.1) is 5.69 Å². The molecule has 0 atom stereocenters. The normalized spacial score (nSPS) is 17.3. The van der Waals surface area contributed by atoms with Gasteiger partial charge in [-0.15, -0.1) is 0 Å². The standard InChI is InChI=1S/C28H32F2N6O2S/c1-35-13-15-36(16-14-35)22-9-7-21(8-10-22)32-28-33-26(19-4-2-3-5-19)23(27(31)34-28)12-17-39(37,38)25-11-6-20(29)18-24(25)30/h6-12,17-19H,2-5,13-16H2,1H3,(H3,31,32,33,34). The Balaban J connectivity index is 1.40. The van der Waals surface area contributed by atoms with Crippen molar-refractivity contribution in [3.63, 3.8) is 0 Å². The Morgan fingerprint density at radius 2 is 1.69 bits per heavy atom. The fourth-order valence-corrected chi connectivity index (χ4v) is 6.18. The molecule has 1 aliphatic carbocycles. The van der Waals surface area contributed by atoms with E-state index in [0.29, 0.717) is 23.3 Å². The molecule has 2 aliphatic rings. The molecule has 1 saturated heterocycles. The van der Waals surface area contributed by atoms with Gasteiger partial charge in [0.2, 0.25) is 15.8 Å². The van der Waals surface area contributed by atoms with Gasteiger partial charge in [0.25, 0.3) is 0 Å². The van der Waals surface area contributed by atoms with Crippen molar-refractivity contribution in [2.75, 3.05) is 49.2 Å². The van der Waals surface area contributed by atoms with E-state index >= 15 is 0 Å². The number of anilines is 4. The summed E-state index contributed by atoms with van der Waals surface area (Å²) in [6.45, 7) is 4.01. The Labute approximate surface area is 227 Å². The quantitative estimate of drug-likeness (QED) is 0.396. The van der Waals surface area contributed by atoms with Crippen LogP contribution in [0.1, 0.15) is 42.9 Å². The third-order valence-electron chi connectivity index (χ3n) is 7.35. The average molecular weight is 555 g/mol. The minimum absolute atomic E-state index is 0.0976. The second-order valence-corrected chi connectivity index (χ2v) is 11.9. The lowest BCUT2D eigenvalue weighted by Gasteiger charge is -2.34. The van der Waals surface area contributed by atoms with Gasteiger partial charge in [-0.1, -0.05) is 12.8 Å². The van der Waals surface area contributed by atoms with Crippen molar-refractivity contribution in [3.05, 3.63) is 70.8 Å². The van der Waals surface area contributed by atoms with Crippen LogP contribution in [0.15, 0.2) is 52.8 Å². The molecule has 5 rings (SSSR count). The van der Waals surface area contributed by atoms with E-state index < -0.39 is 26.4 Å². The van der Waals surface area contributed by atoms with Gasteiger partial charge in [-0.2, -0.15) is 4.98 Å². The molecule has 0 bridgehead atoms. The fraction of sp³-hybridized carbons (Fsp3) is 0.357. The Hall–Kier alpha value is -3.57. The Morgan fingerprint density at radius 3 is 2.36 bits per heavy atom. The van der Waals surface area contributed by atoms with E-state index in [0.717, 1.165) is 80.8 Å². The average Bonchev–Trinajstić information content (AvgIpc) is 3.44. The van der Waals surface area contributed by atoms with Gasteiger partial charge >= 0.3 is 0 Å². The number of hydrogen-bond donors (Lipinski definition) is 2. The molecule has 0 amide bonds. The predicted octanol–water partition coefficient (Wildman–Crippen LogP) is 4.93. The van der Waals surface area contributed by atoms with E-state index in [-0.39, 0.29) is 11.7 Å². The fourth-order valence-electron chi connectivity index (χ4n) is 5.13. The van der Waals surface area contributed by atoms with E-state index in [9.17, 15) is 17.2 Å². The third kappa shape index (κ3) is 6.20. The van der Waals surface area contributed by atoms with Crippen molar-refractivity contribution in [3.8, 4) is 0 Å². The van der Waals surface area contributed by atoms with Crippen LogP contribution in [0.5, 0.6) is 0 Å². The molecule has 2 heterocycles. The van der Waals surface area contributed by atoms with E-state index in [2.05, 4.69) is 39.3 Å². The topological polar surface area (TPSA) is 104 Å². The van der Waals surface area contributed by atoms with Gasteiger partial charge in [0.15, 0.2) is 0 Å². The van der Waals surface area contributed by atoms with Gasteiger partial charge in [0, 0.05) is 60.5 Å². The second kappa shape index (κ2) is 11.3. The SMILES string of the molecule is CN1CCN(c2ccc(Nc3nc(N)c(C=CS(=O)(=O)c4ccc(F)cc4F)c(C4CCCC4)n3)cc2)CC1. The lowest BCUT2D eigenvalue weighted by Crippen LogP contribution is -2.44. The number of piperazine rings is 1. The molecule has 39 heavy (non-hydrogen) atoms. The van der Waals surface area contributed by atoms with Crippen LogP contribution in [0.3, 0.4) is 0 Å². The molecule has 1 aromatic heterocycles. The Bertz CT molecular complexity index is 1470. The highest BCUT2D eigenvalue weighted by atomic mass is 32.2. The highest BCUT2D eigenvalue weighted by molar-refractivity contribution is 7.94. The maximum absolute atomic E-state index is 14.2. The van der Waals surface area contributed by atoms with Crippen molar-refractivity contribution in [1.29, 1.82) is 0 Å². The summed E-state index contributed by atoms with van der Waals surface area (Å²) in [5.74, 6) is -1.46. The van der Waals surface area contributed by atoms with Crippen molar-refractivity contribution < 1.29 is 17.2 Å². The van der Waals surface area contributed by atoms with Crippen molar-refractivity contribution in [1.82, 2.24) is 14.9 Å². The number of rotatable bonds is 7. The van der Waals surface area contributed by atoms with Crippen molar-refractivity contribution in [2.45, 2.75) is 36.5 Å². The molecule has 0 radical (unpaired) electrons. The molecular formula is C28H32F2N6O2S. The van der Waals surface area contributed by atoms with Gasteiger partial charge < -0.3 is 20.9 Å². The summed E-state index contributed by atoms with van der Waals surface area (Å²) in [4.78, 5) is 13.2. The molecule has 0 unspecified atom stereocenters. The highest BCUT2D eigenvalue weighted by Gasteiger charge is 2.25. The smallest absolute Gasteiger partial charge is 0.229 e. The molecular weight excluding hydrogens is 522 g/mol. The maximum Gasteiger partial charge on any atom is 0.229 e. The van der Waals surface area contributed by atoms with E-state index in [1.54, 1.807) is 0 Å². The van der Waals surface area contributed by atoms with Crippen LogP contribution in [0.25, 0.3) is 6.08 Å². The van der Waals surface area contributed by atoms with Crippen LogP contribution < -0.4 is 16.0 Å². The van der Waals surface area contributed by atoms with Crippen LogP contribution >= 0.6 is 0 Å². The number of likely N-dealkylation sites (N-methyl/N-ethyl adjacent to an activating group) is 1. The molecule has 3 aromatic rings. The number of sulfone groups is 1. The molecule has 2 aromatic carbocycles. The summed E-state index contributed by atoms with van der Waals surface area (Å²) in [6.07, 6.45) is 5.18. The predicted molar refractivity (Wildman–Crippen MR) is 150 cm³/mol. The van der Waals surface area contributed by atoms with Crippen molar-refractivity contribution in [2.24, 2.45) is 0 Å². The third-order valence-corrected chi connectivity index (χ3v) is 8.79. The first kappa shape index (κ1) is 27.0. The van der Waals surface area contributed by atoms with E-state index in [4.69, 9.17) is 10.7 Å².